The summed E-state index contributed by atoms with van der Waals surface area (Å²) >= 11 is 0. The van der Waals surface area contributed by atoms with E-state index in [4.69, 9.17) is 9.47 Å². The molecule has 6 nitrogen and oxygen atoms in total. The zero-order chi connectivity index (χ0) is 38.9. The van der Waals surface area contributed by atoms with Crippen LogP contribution < -0.4 is 14.0 Å². The average Bonchev–Trinajstić information content (AvgIpc) is 3.17. The summed E-state index contributed by atoms with van der Waals surface area (Å²) in [4.78, 5) is 27.8. The molecule has 2 amide bonds. The monoisotopic (exact) mass is 750 g/mol. The van der Waals surface area contributed by atoms with E-state index in [1.165, 1.54) is 146 Å². The summed E-state index contributed by atoms with van der Waals surface area (Å²) in [6, 6.07) is 11.7. The Labute approximate surface area is 332 Å². The van der Waals surface area contributed by atoms with Gasteiger partial charge in [-0.1, -0.05) is 168 Å². The van der Waals surface area contributed by atoms with E-state index >= 15 is 0 Å². The Morgan fingerprint density at radius 2 is 1.04 bits per heavy atom. The van der Waals surface area contributed by atoms with Crippen molar-refractivity contribution in [2.24, 2.45) is 0 Å². The number of nitrogens with zero attached hydrogens (tertiary/aromatic N) is 2. The number of ether oxygens (including phenoxy) is 2. The Morgan fingerprint density at radius 1 is 0.556 bits per heavy atom. The number of pyridine rings is 1. The van der Waals surface area contributed by atoms with Crippen molar-refractivity contribution in [3.63, 3.8) is 0 Å². The van der Waals surface area contributed by atoms with Gasteiger partial charge in [-0.15, -0.1) is 0 Å². The maximum Gasteiger partial charge on any atom is 0.260 e. The van der Waals surface area contributed by atoms with Gasteiger partial charge >= 0.3 is 0 Å². The Bertz CT molecular complexity index is 1230. The summed E-state index contributed by atoms with van der Waals surface area (Å²) in [5, 5.41) is 0. The van der Waals surface area contributed by atoms with Gasteiger partial charge in [-0.25, -0.2) is 4.57 Å². The van der Waals surface area contributed by atoms with Gasteiger partial charge in [0, 0.05) is 44.0 Å². The predicted molar refractivity (Wildman–Crippen MR) is 227 cm³/mol. The Balaban J connectivity index is 1.88. The zero-order valence-corrected chi connectivity index (χ0v) is 35.5. The number of hydrogen-bond donors (Lipinski definition) is 0. The Kier molecular flexibility index (Phi) is 28.3. The maximum absolute atomic E-state index is 13.7. The highest BCUT2D eigenvalue weighted by Gasteiger charge is 2.22. The van der Waals surface area contributed by atoms with E-state index in [0.717, 1.165) is 45.1 Å². The summed E-state index contributed by atoms with van der Waals surface area (Å²) in [6.45, 7) is 10.8. The number of imide groups is 1. The molecule has 2 aromatic rings. The van der Waals surface area contributed by atoms with E-state index < -0.39 is 0 Å². The summed E-state index contributed by atoms with van der Waals surface area (Å²) in [5.74, 6) is 0.782. The second kappa shape index (κ2) is 32.4. The quantitative estimate of drug-likeness (QED) is 0.0520. The van der Waals surface area contributed by atoms with Crippen LogP contribution in [0.15, 0.2) is 42.6 Å². The molecule has 0 bridgehead atoms. The molecule has 0 unspecified atom stereocenters. The highest BCUT2D eigenvalue weighted by atomic mass is 16.5. The third kappa shape index (κ3) is 21.9. The minimum Gasteiger partial charge on any atom is -0.490 e. The normalized spacial score (nSPS) is 11.2. The predicted octanol–water partition coefficient (Wildman–Crippen LogP) is 13.2. The standard InChI is InChI=1S/C48H81N2O4/c1-5-8-10-12-14-16-18-20-22-24-26-30-40-53-46-36-35-44(42-47(46)54-41-31-27-25-23-21-19-17-15-13-11-9-6-2)48(52)50(43(4)51)39-32-34-45-33-28-29-38-49(45)37-7-3/h28-29,33,35-36,38,42H,5-27,30-32,34,37,39-41H2,1-4H3/q+1. The van der Waals surface area contributed by atoms with E-state index in [2.05, 4.69) is 43.7 Å². The molecule has 54 heavy (non-hydrogen) atoms. The minimum absolute atomic E-state index is 0.235. The number of amides is 2. The lowest BCUT2D eigenvalue weighted by molar-refractivity contribution is -0.704. The van der Waals surface area contributed by atoms with Gasteiger partial charge in [-0.05, 0) is 37.5 Å². The molecule has 0 saturated carbocycles. The molecule has 1 heterocycles. The first-order chi connectivity index (χ1) is 26.5. The number of carbonyl (C=O) groups is 2. The molecule has 0 aliphatic carbocycles. The van der Waals surface area contributed by atoms with Crippen LogP contribution in [-0.2, 0) is 17.8 Å². The van der Waals surface area contributed by atoms with Crippen LogP contribution in [0.25, 0.3) is 0 Å². The number of unbranched alkanes of at least 4 members (excludes halogenated alkanes) is 22. The fraction of sp³-hybridized carbons (Fsp3) is 0.729. The summed E-state index contributed by atoms with van der Waals surface area (Å²) < 4.78 is 14.8. The lowest BCUT2D eigenvalue weighted by atomic mass is 10.1. The first-order valence-corrected chi connectivity index (χ1v) is 22.7. The SMILES string of the molecule is CCCCCCCCCCCCCCOc1ccc(C(=O)N(CCCc2cccc[n+]2CCC)C(C)=O)cc1OCCCCCCCCCCCCCC. The van der Waals surface area contributed by atoms with E-state index in [9.17, 15) is 9.59 Å². The van der Waals surface area contributed by atoms with Crippen LogP contribution in [0.1, 0.15) is 211 Å². The molecular formula is C48H81N2O4+. The number of carbonyl (C=O) groups excluding carboxylic acids is 2. The average molecular weight is 750 g/mol. The molecule has 0 spiro atoms. The molecule has 0 aliphatic heterocycles. The van der Waals surface area contributed by atoms with Crippen LogP contribution in [0.2, 0.25) is 0 Å². The molecule has 0 radical (unpaired) electrons. The van der Waals surface area contributed by atoms with Gasteiger partial charge in [-0.3, -0.25) is 14.5 Å². The largest absolute Gasteiger partial charge is 0.490 e. The highest BCUT2D eigenvalue weighted by molar-refractivity contribution is 6.04. The van der Waals surface area contributed by atoms with Crippen molar-refractivity contribution in [1.29, 1.82) is 0 Å². The van der Waals surface area contributed by atoms with E-state index in [1.54, 1.807) is 12.1 Å². The van der Waals surface area contributed by atoms with E-state index in [-0.39, 0.29) is 11.8 Å². The smallest absolute Gasteiger partial charge is 0.260 e. The van der Waals surface area contributed by atoms with Gasteiger partial charge in [0.2, 0.25) is 5.91 Å². The zero-order valence-electron chi connectivity index (χ0n) is 35.5. The van der Waals surface area contributed by atoms with Gasteiger partial charge in [0.05, 0.1) is 13.2 Å². The lowest BCUT2D eigenvalue weighted by Gasteiger charge is -2.20. The van der Waals surface area contributed by atoms with Crippen molar-refractivity contribution in [2.45, 2.75) is 208 Å². The molecule has 1 aromatic carbocycles. The van der Waals surface area contributed by atoms with Crippen LogP contribution >= 0.6 is 0 Å². The molecule has 6 heteroatoms. The van der Waals surface area contributed by atoms with Crippen LogP contribution in [0, 0.1) is 0 Å². The fourth-order valence-corrected chi connectivity index (χ4v) is 7.30. The number of aryl methyl sites for hydroxylation is 2. The second-order valence-electron chi connectivity index (χ2n) is 15.6. The van der Waals surface area contributed by atoms with Crippen molar-refractivity contribution in [3.05, 3.63) is 53.9 Å². The van der Waals surface area contributed by atoms with Crippen LogP contribution in [0.4, 0.5) is 0 Å². The number of rotatable bonds is 35. The molecule has 2 rings (SSSR count). The van der Waals surface area contributed by atoms with Gasteiger partial charge in [0.25, 0.3) is 5.91 Å². The van der Waals surface area contributed by atoms with Crippen molar-refractivity contribution in [2.75, 3.05) is 19.8 Å². The van der Waals surface area contributed by atoms with Gasteiger partial charge in [0.15, 0.2) is 23.4 Å². The topological polar surface area (TPSA) is 59.7 Å². The molecule has 0 atom stereocenters. The Morgan fingerprint density at radius 3 is 1.52 bits per heavy atom. The van der Waals surface area contributed by atoms with Crippen molar-refractivity contribution in [3.8, 4) is 11.5 Å². The summed E-state index contributed by atoms with van der Waals surface area (Å²) in [6.07, 6.45) is 35.9. The first kappa shape index (κ1) is 47.3. The second-order valence-corrected chi connectivity index (χ2v) is 15.6. The third-order valence-corrected chi connectivity index (χ3v) is 10.6. The van der Waals surface area contributed by atoms with Crippen molar-refractivity contribution in [1.82, 2.24) is 4.90 Å². The third-order valence-electron chi connectivity index (χ3n) is 10.6. The van der Waals surface area contributed by atoms with Crippen LogP contribution in [0.3, 0.4) is 0 Å². The molecular weight excluding hydrogens is 669 g/mol. The summed E-state index contributed by atoms with van der Waals surface area (Å²) in [5.41, 5.74) is 1.69. The molecule has 1 aromatic heterocycles. The first-order valence-electron chi connectivity index (χ1n) is 22.7. The number of aromatic nitrogens is 1. The van der Waals surface area contributed by atoms with Crippen LogP contribution in [0.5, 0.6) is 11.5 Å². The highest BCUT2D eigenvalue weighted by Crippen LogP contribution is 2.30. The molecule has 0 fully saturated rings. The van der Waals surface area contributed by atoms with Gasteiger partial charge in [-0.2, -0.15) is 0 Å². The van der Waals surface area contributed by atoms with Crippen LogP contribution in [-0.4, -0.2) is 36.5 Å². The minimum atomic E-state index is -0.278. The lowest BCUT2D eigenvalue weighted by Crippen LogP contribution is -2.39. The molecule has 0 N–H and O–H groups in total. The number of benzene rings is 1. The van der Waals surface area contributed by atoms with E-state index in [1.807, 2.05) is 12.1 Å². The van der Waals surface area contributed by atoms with Crippen molar-refractivity contribution < 1.29 is 23.6 Å². The number of hydrogen-bond acceptors (Lipinski definition) is 4. The fourth-order valence-electron chi connectivity index (χ4n) is 7.30. The van der Waals surface area contributed by atoms with E-state index in [0.29, 0.717) is 43.2 Å². The van der Waals surface area contributed by atoms with Gasteiger partial charge < -0.3 is 9.47 Å². The maximum atomic E-state index is 13.7. The summed E-state index contributed by atoms with van der Waals surface area (Å²) in [7, 11) is 0. The Hall–Kier alpha value is -2.89. The van der Waals surface area contributed by atoms with Crippen molar-refractivity contribution >= 4 is 11.8 Å². The molecule has 0 aliphatic rings. The molecule has 0 saturated heterocycles. The molecule has 306 valence electrons. The van der Waals surface area contributed by atoms with Gasteiger partial charge in [0.1, 0.15) is 6.54 Å².